The van der Waals surface area contributed by atoms with Crippen molar-refractivity contribution in [1.29, 1.82) is 0 Å². The number of benzene rings is 1. The maximum atomic E-state index is 10.6. The third-order valence-corrected chi connectivity index (χ3v) is 10.2. The molecule has 0 heterocycles. The molecule has 0 radical (unpaired) electrons. The SMILES string of the molecule is CCCC[Te+](CCCC)Cc1ccc([N+](=O)[O-])cc1. The van der Waals surface area contributed by atoms with Crippen molar-refractivity contribution in [2.24, 2.45) is 0 Å². The fourth-order valence-corrected chi connectivity index (χ4v) is 9.17. The summed E-state index contributed by atoms with van der Waals surface area (Å²) in [5.41, 5.74) is 1.50. The van der Waals surface area contributed by atoms with Crippen LogP contribution in [0.5, 0.6) is 0 Å². The molecule has 0 aliphatic rings. The molecule has 0 amide bonds. The number of nitrogens with zero attached hydrogens (tertiary/aromatic N) is 1. The topological polar surface area (TPSA) is 43.1 Å². The van der Waals surface area contributed by atoms with Crippen molar-refractivity contribution in [1.82, 2.24) is 0 Å². The van der Waals surface area contributed by atoms with Crippen molar-refractivity contribution in [2.45, 2.75) is 52.9 Å². The van der Waals surface area contributed by atoms with Crippen LogP contribution >= 0.6 is 0 Å². The molecule has 1 aromatic carbocycles. The summed E-state index contributed by atoms with van der Waals surface area (Å²) in [6.07, 6.45) is 5.27. The van der Waals surface area contributed by atoms with Crippen molar-refractivity contribution in [3.63, 3.8) is 0 Å². The molecule has 0 saturated heterocycles. The zero-order valence-corrected chi connectivity index (χ0v) is 14.3. The van der Waals surface area contributed by atoms with Crippen LogP contribution in [-0.2, 0) is 4.47 Å². The van der Waals surface area contributed by atoms with E-state index >= 15 is 0 Å². The molecule has 1 rings (SSSR count). The van der Waals surface area contributed by atoms with Gasteiger partial charge in [-0.25, -0.2) is 0 Å². The van der Waals surface area contributed by atoms with Crippen LogP contribution in [0.4, 0.5) is 5.69 Å². The molecule has 106 valence electrons. The molecular formula is C15H24NO2Te+. The summed E-state index contributed by atoms with van der Waals surface area (Å²) < 4.78 is 4.11. The van der Waals surface area contributed by atoms with Crippen LogP contribution < -0.4 is 0 Å². The Hall–Kier alpha value is -0.590. The zero-order chi connectivity index (χ0) is 14.1. The Balaban J connectivity index is 2.58. The molecule has 0 unspecified atom stereocenters. The van der Waals surface area contributed by atoms with Gasteiger partial charge in [-0.3, -0.25) is 0 Å². The second-order valence-corrected chi connectivity index (χ2v) is 11.4. The number of non-ortho nitro benzene ring substituents is 1. The van der Waals surface area contributed by atoms with E-state index in [4.69, 9.17) is 0 Å². The van der Waals surface area contributed by atoms with Gasteiger partial charge in [0, 0.05) is 0 Å². The summed E-state index contributed by atoms with van der Waals surface area (Å²) in [5.74, 6) is 0. The van der Waals surface area contributed by atoms with Gasteiger partial charge in [-0.15, -0.1) is 0 Å². The molecule has 0 N–H and O–H groups in total. The Labute approximate surface area is 123 Å². The average molecular weight is 378 g/mol. The van der Waals surface area contributed by atoms with E-state index in [0.29, 0.717) is 0 Å². The van der Waals surface area contributed by atoms with Crippen LogP contribution in [0.15, 0.2) is 24.3 Å². The predicted octanol–water partition coefficient (Wildman–Crippen LogP) is 4.77. The van der Waals surface area contributed by atoms with Gasteiger partial charge in [0.05, 0.1) is 0 Å². The molecular weight excluding hydrogens is 354 g/mol. The fourth-order valence-electron chi connectivity index (χ4n) is 1.89. The zero-order valence-electron chi connectivity index (χ0n) is 11.9. The third-order valence-electron chi connectivity index (χ3n) is 3.09. The molecule has 4 heteroatoms. The molecule has 3 nitrogen and oxygen atoms in total. The molecule has 0 fully saturated rings. The summed E-state index contributed by atoms with van der Waals surface area (Å²) >= 11 is -1.03. The van der Waals surface area contributed by atoms with Gasteiger partial charge in [-0.05, 0) is 0 Å². The summed E-state index contributed by atoms with van der Waals surface area (Å²) in [6.45, 7) is 4.50. The second-order valence-electron chi connectivity index (χ2n) is 4.80. The molecule has 0 aliphatic heterocycles. The van der Waals surface area contributed by atoms with Gasteiger partial charge in [0.15, 0.2) is 0 Å². The normalized spacial score (nSPS) is 10.9. The van der Waals surface area contributed by atoms with E-state index in [9.17, 15) is 10.1 Å². The Morgan fingerprint density at radius 3 is 2.00 bits per heavy atom. The molecule has 0 spiro atoms. The Morgan fingerprint density at radius 1 is 1.05 bits per heavy atom. The van der Waals surface area contributed by atoms with Crippen LogP contribution in [0.1, 0.15) is 45.1 Å². The first-order valence-corrected chi connectivity index (χ1v) is 12.0. The first-order chi connectivity index (χ1) is 9.17. The number of unbranched alkanes of at least 4 members (excludes halogenated alkanes) is 2. The van der Waals surface area contributed by atoms with Gasteiger partial charge in [-0.2, -0.15) is 0 Å². The van der Waals surface area contributed by atoms with Gasteiger partial charge in [0.25, 0.3) is 0 Å². The van der Waals surface area contributed by atoms with Crippen molar-refractivity contribution in [3.8, 4) is 0 Å². The number of rotatable bonds is 9. The van der Waals surface area contributed by atoms with Gasteiger partial charge >= 0.3 is 123 Å². The quantitative estimate of drug-likeness (QED) is 0.353. The molecule has 0 saturated carbocycles. The van der Waals surface area contributed by atoms with Crippen LogP contribution in [0, 0.1) is 10.1 Å². The van der Waals surface area contributed by atoms with E-state index in [1.807, 2.05) is 12.1 Å². The first-order valence-electron chi connectivity index (χ1n) is 7.04. The maximum absolute atomic E-state index is 10.6. The van der Waals surface area contributed by atoms with Gasteiger partial charge in [0.1, 0.15) is 0 Å². The van der Waals surface area contributed by atoms with Crippen molar-refractivity contribution in [2.75, 3.05) is 0 Å². The number of hydrogen-bond donors (Lipinski definition) is 0. The predicted molar refractivity (Wildman–Crippen MR) is 82.0 cm³/mol. The second kappa shape index (κ2) is 9.34. The van der Waals surface area contributed by atoms with Crippen LogP contribution in [0.3, 0.4) is 0 Å². The minimum absolute atomic E-state index is 0.202. The Bertz CT molecular complexity index is 370. The average Bonchev–Trinajstić information content (AvgIpc) is 2.42. The van der Waals surface area contributed by atoms with E-state index in [2.05, 4.69) is 13.8 Å². The summed E-state index contributed by atoms with van der Waals surface area (Å²) in [7, 11) is 0. The van der Waals surface area contributed by atoms with Gasteiger partial charge < -0.3 is 0 Å². The van der Waals surface area contributed by atoms with Crippen LogP contribution in [-0.4, -0.2) is 24.5 Å². The minimum atomic E-state index is -1.03. The van der Waals surface area contributed by atoms with Crippen molar-refractivity contribution in [3.05, 3.63) is 39.9 Å². The van der Waals surface area contributed by atoms with Gasteiger partial charge in [-0.1, -0.05) is 0 Å². The number of nitro benzene ring substituents is 1. The molecule has 19 heavy (non-hydrogen) atoms. The van der Waals surface area contributed by atoms with Crippen molar-refractivity contribution < 1.29 is 4.92 Å². The van der Waals surface area contributed by atoms with E-state index < -0.39 is 19.6 Å². The van der Waals surface area contributed by atoms with E-state index in [1.165, 1.54) is 44.7 Å². The monoisotopic (exact) mass is 380 g/mol. The third kappa shape index (κ3) is 6.40. The van der Waals surface area contributed by atoms with Crippen molar-refractivity contribution >= 4 is 25.2 Å². The van der Waals surface area contributed by atoms with Crippen LogP contribution in [0.2, 0.25) is 8.94 Å². The summed E-state index contributed by atoms with van der Waals surface area (Å²) in [6, 6.07) is 7.19. The molecule has 0 aromatic heterocycles. The van der Waals surface area contributed by atoms with E-state index in [-0.39, 0.29) is 10.6 Å². The van der Waals surface area contributed by atoms with Gasteiger partial charge in [0.2, 0.25) is 0 Å². The van der Waals surface area contributed by atoms with Crippen LogP contribution in [0.25, 0.3) is 0 Å². The van der Waals surface area contributed by atoms with E-state index in [0.717, 1.165) is 0 Å². The number of hydrogen-bond acceptors (Lipinski definition) is 2. The fraction of sp³-hybridized carbons (Fsp3) is 0.600. The summed E-state index contributed by atoms with van der Waals surface area (Å²) in [5, 5.41) is 10.6. The first kappa shape index (κ1) is 16.5. The number of nitro groups is 1. The summed E-state index contributed by atoms with van der Waals surface area (Å²) in [4.78, 5) is 10.3. The Kier molecular flexibility index (Phi) is 8.09. The molecule has 0 atom stereocenters. The Morgan fingerprint density at radius 2 is 1.58 bits per heavy atom. The molecule has 1 aromatic rings. The molecule has 0 aliphatic carbocycles. The standard InChI is InChI=1S/C15H24NO2Te/c1-3-5-11-19(12-6-4-2)13-14-7-9-15(10-8-14)16(17)18/h7-10H,3-6,11-13H2,1-2H3/q+1. The van der Waals surface area contributed by atoms with E-state index in [1.54, 1.807) is 12.1 Å². The molecule has 0 bridgehead atoms.